The topological polar surface area (TPSA) is 122 Å². The highest BCUT2D eigenvalue weighted by molar-refractivity contribution is 6.01. The Kier molecular flexibility index (Phi) is 5.48. The molecule has 2 aromatic rings. The van der Waals surface area contributed by atoms with E-state index in [1.807, 2.05) is 0 Å². The van der Waals surface area contributed by atoms with Crippen molar-refractivity contribution in [2.45, 2.75) is 6.42 Å². The molecule has 3 rings (SSSR count). The first-order valence-corrected chi connectivity index (χ1v) is 8.37. The molecule has 1 aliphatic heterocycles. The Morgan fingerprint density at radius 1 is 1.10 bits per heavy atom. The van der Waals surface area contributed by atoms with Crippen molar-refractivity contribution in [3.8, 4) is 0 Å². The van der Waals surface area contributed by atoms with Crippen molar-refractivity contribution in [3.05, 3.63) is 69.8 Å². The normalized spacial score (nSPS) is 15.9. The molecule has 0 aromatic heterocycles. The van der Waals surface area contributed by atoms with Gasteiger partial charge in [0, 0.05) is 19.0 Å². The molecule has 1 aliphatic rings. The third-order valence-corrected chi connectivity index (χ3v) is 4.35. The molecule has 2 aromatic carbocycles. The van der Waals surface area contributed by atoms with E-state index < -0.39 is 45.9 Å². The fourth-order valence-electron chi connectivity index (χ4n) is 2.87. The minimum atomic E-state index is -1.05. The number of halogens is 2. The fraction of sp³-hybridized carbons (Fsp3) is 0.167. The van der Waals surface area contributed by atoms with E-state index in [1.54, 1.807) is 0 Å². The molecule has 0 bridgehead atoms. The number of hydrazine groups is 1. The first-order chi connectivity index (χ1) is 13.8. The third kappa shape index (κ3) is 4.18. The van der Waals surface area contributed by atoms with Gasteiger partial charge in [-0.15, -0.1) is 0 Å². The fourth-order valence-corrected chi connectivity index (χ4v) is 2.87. The molecule has 0 spiro atoms. The number of hydrogen-bond donors (Lipinski definition) is 2. The molecule has 0 radical (unpaired) electrons. The number of carbonyl (C=O) groups is 3. The van der Waals surface area contributed by atoms with Gasteiger partial charge < -0.3 is 4.90 Å². The predicted molar refractivity (Wildman–Crippen MR) is 95.5 cm³/mol. The molecule has 29 heavy (non-hydrogen) atoms. The number of nitrogens with zero attached hydrogens (tertiary/aromatic N) is 2. The van der Waals surface area contributed by atoms with Crippen LogP contribution >= 0.6 is 0 Å². The summed E-state index contributed by atoms with van der Waals surface area (Å²) in [5, 5.41) is 10.9. The lowest BCUT2D eigenvalue weighted by molar-refractivity contribution is -0.387. The zero-order valence-electron chi connectivity index (χ0n) is 14.7. The Hall–Kier alpha value is -3.89. The lowest BCUT2D eigenvalue weighted by Crippen LogP contribution is -2.45. The summed E-state index contributed by atoms with van der Waals surface area (Å²) >= 11 is 0. The summed E-state index contributed by atoms with van der Waals surface area (Å²) in [5.74, 6) is -4.73. The van der Waals surface area contributed by atoms with E-state index in [2.05, 4.69) is 10.9 Å². The zero-order chi connectivity index (χ0) is 21.1. The van der Waals surface area contributed by atoms with Crippen molar-refractivity contribution in [2.75, 3.05) is 11.4 Å². The van der Waals surface area contributed by atoms with Crippen LogP contribution in [0.4, 0.5) is 20.2 Å². The van der Waals surface area contributed by atoms with Crippen LogP contribution in [0.25, 0.3) is 0 Å². The SMILES string of the molecule is O=C(NNC(=O)C1CC(=O)N(c2ccc(F)c([N+](=O)[O-])c2)C1)c1ccccc1F. The number of benzene rings is 2. The number of nitro groups is 1. The molecule has 9 nitrogen and oxygen atoms in total. The smallest absolute Gasteiger partial charge is 0.306 e. The van der Waals surface area contributed by atoms with Gasteiger partial charge in [-0.1, -0.05) is 12.1 Å². The van der Waals surface area contributed by atoms with Crippen molar-refractivity contribution in [1.82, 2.24) is 10.9 Å². The zero-order valence-corrected chi connectivity index (χ0v) is 14.7. The molecule has 0 aliphatic carbocycles. The van der Waals surface area contributed by atoms with Crippen LogP contribution in [0.2, 0.25) is 0 Å². The summed E-state index contributed by atoms with van der Waals surface area (Å²) in [6, 6.07) is 8.15. The molecule has 1 atom stereocenters. The second-order valence-electron chi connectivity index (χ2n) is 6.22. The van der Waals surface area contributed by atoms with E-state index in [9.17, 15) is 33.3 Å². The van der Waals surface area contributed by atoms with Gasteiger partial charge in [0.2, 0.25) is 17.6 Å². The molecule has 1 heterocycles. The molecule has 3 amide bonds. The number of nitrogens with one attached hydrogen (secondary N) is 2. The second kappa shape index (κ2) is 8.00. The van der Waals surface area contributed by atoms with Gasteiger partial charge in [-0.25, -0.2) is 4.39 Å². The number of hydrogen-bond acceptors (Lipinski definition) is 5. The first-order valence-electron chi connectivity index (χ1n) is 8.37. The highest BCUT2D eigenvalue weighted by atomic mass is 19.1. The van der Waals surface area contributed by atoms with Crippen LogP contribution in [0.15, 0.2) is 42.5 Å². The first kappa shape index (κ1) is 19.9. The van der Waals surface area contributed by atoms with Crippen LogP contribution in [0.1, 0.15) is 16.8 Å². The Morgan fingerprint density at radius 2 is 1.83 bits per heavy atom. The van der Waals surface area contributed by atoms with Gasteiger partial charge in [-0.2, -0.15) is 4.39 Å². The van der Waals surface area contributed by atoms with E-state index in [1.165, 1.54) is 24.3 Å². The van der Waals surface area contributed by atoms with E-state index in [0.717, 1.165) is 23.1 Å². The number of anilines is 1. The molecule has 1 fully saturated rings. The molecule has 1 saturated heterocycles. The van der Waals surface area contributed by atoms with Crippen molar-refractivity contribution in [3.63, 3.8) is 0 Å². The van der Waals surface area contributed by atoms with Crippen molar-refractivity contribution >= 4 is 29.1 Å². The van der Waals surface area contributed by atoms with Crippen LogP contribution < -0.4 is 15.8 Å². The van der Waals surface area contributed by atoms with Gasteiger partial charge in [0.1, 0.15) is 5.82 Å². The summed E-state index contributed by atoms with van der Waals surface area (Å²) in [6.45, 7) is -0.122. The molecular weight excluding hydrogens is 390 g/mol. The average Bonchev–Trinajstić information content (AvgIpc) is 3.08. The third-order valence-electron chi connectivity index (χ3n) is 4.35. The summed E-state index contributed by atoms with van der Waals surface area (Å²) in [5.41, 5.74) is 3.22. The highest BCUT2D eigenvalue weighted by Gasteiger charge is 2.36. The monoisotopic (exact) mass is 404 g/mol. The largest absolute Gasteiger partial charge is 0.311 e. The second-order valence-corrected chi connectivity index (χ2v) is 6.22. The maximum Gasteiger partial charge on any atom is 0.306 e. The number of carbonyl (C=O) groups excluding carboxylic acids is 3. The van der Waals surface area contributed by atoms with E-state index in [-0.39, 0.29) is 24.2 Å². The van der Waals surface area contributed by atoms with Gasteiger partial charge in [0.25, 0.3) is 5.91 Å². The maximum absolute atomic E-state index is 13.6. The molecule has 1 unspecified atom stereocenters. The minimum Gasteiger partial charge on any atom is -0.311 e. The van der Waals surface area contributed by atoms with Gasteiger partial charge in [-0.3, -0.25) is 35.3 Å². The quantitative estimate of drug-likeness (QED) is 0.593. The van der Waals surface area contributed by atoms with Gasteiger partial charge >= 0.3 is 5.69 Å². The summed E-state index contributed by atoms with van der Waals surface area (Å²) in [4.78, 5) is 47.5. The molecule has 11 heteroatoms. The van der Waals surface area contributed by atoms with Crippen LogP contribution in [-0.4, -0.2) is 29.2 Å². The maximum atomic E-state index is 13.6. The average molecular weight is 404 g/mol. The summed E-state index contributed by atoms with van der Waals surface area (Å²) in [7, 11) is 0. The molecular formula is C18H14F2N4O5. The van der Waals surface area contributed by atoms with Crippen molar-refractivity contribution in [2.24, 2.45) is 5.92 Å². The number of rotatable bonds is 4. The Bertz CT molecular complexity index is 1010. The van der Waals surface area contributed by atoms with Crippen LogP contribution in [0, 0.1) is 27.7 Å². The van der Waals surface area contributed by atoms with E-state index in [0.29, 0.717) is 0 Å². The lowest BCUT2D eigenvalue weighted by atomic mass is 10.1. The van der Waals surface area contributed by atoms with Crippen LogP contribution in [0.5, 0.6) is 0 Å². The van der Waals surface area contributed by atoms with E-state index in [4.69, 9.17) is 0 Å². The Balaban J connectivity index is 1.65. The van der Waals surface area contributed by atoms with Crippen LogP contribution in [-0.2, 0) is 9.59 Å². The standard InChI is InChI=1S/C18H14F2N4O5/c19-13-4-2-1-3-12(13)18(27)22-21-17(26)10-7-16(25)23(9-10)11-5-6-14(20)15(8-11)24(28)29/h1-6,8,10H,7,9H2,(H,21,26)(H,22,27). The van der Waals surface area contributed by atoms with Crippen LogP contribution in [0.3, 0.4) is 0 Å². The lowest BCUT2D eigenvalue weighted by Gasteiger charge is -2.16. The van der Waals surface area contributed by atoms with Gasteiger partial charge in [-0.05, 0) is 24.3 Å². The summed E-state index contributed by atoms with van der Waals surface area (Å²) in [6.07, 6.45) is -0.216. The van der Waals surface area contributed by atoms with Crippen molar-refractivity contribution in [1.29, 1.82) is 0 Å². The van der Waals surface area contributed by atoms with Gasteiger partial charge in [0.05, 0.1) is 22.1 Å². The van der Waals surface area contributed by atoms with E-state index >= 15 is 0 Å². The Labute approximate surface area is 162 Å². The predicted octanol–water partition coefficient (Wildman–Crippen LogP) is 1.69. The molecule has 150 valence electrons. The number of amides is 3. The molecule has 0 saturated carbocycles. The van der Waals surface area contributed by atoms with Crippen molar-refractivity contribution < 1.29 is 28.1 Å². The highest BCUT2D eigenvalue weighted by Crippen LogP contribution is 2.29. The molecule has 2 N–H and O–H groups in total. The summed E-state index contributed by atoms with van der Waals surface area (Å²) < 4.78 is 27.1. The minimum absolute atomic E-state index is 0.0776. The number of nitro benzene ring substituents is 1. The van der Waals surface area contributed by atoms with Gasteiger partial charge in [0.15, 0.2) is 0 Å². The Morgan fingerprint density at radius 3 is 2.52 bits per heavy atom.